The second kappa shape index (κ2) is 6.21. The standard InChI is InChI=1S/C14H18ClNO2/c1-2-18-14(17)9-16-13-7-11(8-13)10-4-3-5-12(15)6-10/h3-6,11,13,16H,2,7-9H2,1H3. The SMILES string of the molecule is CCOC(=O)CNC1CC(c2cccc(Cl)c2)C1. The smallest absolute Gasteiger partial charge is 0.319 e. The fraction of sp³-hybridized carbons (Fsp3) is 0.500. The molecule has 4 heteroatoms. The minimum Gasteiger partial charge on any atom is -0.465 e. The number of hydrogen-bond donors (Lipinski definition) is 1. The molecule has 0 heterocycles. The Labute approximate surface area is 112 Å². The molecule has 1 aliphatic carbocycles. The first kappa shape index (κ1) is 13.4. The third kappa shape index (κ3) is 3.47. The van der Waals surface area contributed by atoms with Gasteiger partial charge in [-0.1, -0.05) is 23.7 Å². The van der Waals surface area contributed by atoms with Crippen LogP contribution in [0.4, 0.5) is 0 Å². The molecule has 0 aliphatic heterocycles. The van der Waals surface area contributed by atoms with Crippen LogP contribution in [0.5, 0.6) is 0 Å². The molecule has 0 unspecified atom stereocenters. The largest absolute Gasteiger partial charge is 0.465 e. The number of benzene rings is 1. The van der Waals surface area contributed by atoms with Crippen LogP contribution < -0.4 is 5.32 Å². The van der Waals surface area contributed by atoms with E-state index in [1.807, 2.05) is 25.1 Å². The van der Waals surface area contributed by atoms with Crippen LogP contribution in [0.3, 0.4) is 0 Å². The molecule has 1 aromatic carbocycles. The lowest BCUT2D eigenvalue weighted by molar-refractivity contribution is -0.142. The molecule has 0 bridgehead atoms. The van der Waals surface area contributed by atoms with Crippen LogP contribution in [0.15, 0.2) is 24.3 Å². The second-order valence-electron chi connectivity index (χ2n) is 4.61. The quantitative estimate of drug-likeness (QED) is 0.834. The van der Waals surface area contributed by atoms with Crippen molar-refractivity contribution < 1.29 is 9.53 Å². The van der Waals surface area contributed by atoms with Gasteiger partial charge in [0.05, 0.1) is 13.2 Å². The van der Waals surface area contributed by atoms with E-state index in [1.165, 1.54) is 5.56 Å². The Kier molecular flexibility index (Phi) is 4.61. The van der Waals surface area contributed by atoms with Crippen LogP contribution in [0.25, 0.3) is 0 Å². The lowest BCUT2D eigenvalue weighted by Crippen LogP contribution is -2.42. The maximum atomic E-state index is 11.2. The normalized spacial score (nSPS) is 22.3. The topological polar surface area (TPSA) is 38.3 Å². The molecule has 3 nitrogen and oxygen atoms in total. The number of nitrogens with one attached hydrogen (secondary N) is 1. The number of esters is 1. The second-order valence-corrected chi connectivity index (χ2v) is 5.04. The summed E-state index contributed by atoms with van der Waals surface area (Å²) in [6, 6.07) is 8.42. The summed E-state index contributed by atoms with van der Waals surface area (Å²) in [4.78, 5) is 11.2. The van der Waals surface area contributed by atoms with Crippen LogP contribution in [-0.2, 0) is 9.53 Å². The van der Waals surface area contributed by atoms with Gasteiger partial charge in [0.1, 0.15) is 0 Å². The first-order chi connectivity index (χ1) is 8.69. The molecule has 1 aliphatic rings. The minimum absolute atomic E-state index is 0.177. The lowest BCUT2D eigenvalue weighted by Gasteiger charge is -2.36. The Bertz CT molecular complexity index is 416. The summed E-state index contributed by atoms with van der Waals surface area (Å²) >= 11 is 5.97. The monoisotopic (exact) mass is 267 g/mol. The summed E-state index contributed by atoms with van der Waals surface area (Å²) in [7, 11) is 0. The Morgan fingerprint density at radius 3 is 2.94 bits per heavy atom. The van der Waals surface area contributed by atoms with E-state index in [4.69, 9.17) is 16.3 Å². The molecule has 2 rings (SSSR count). The van der Waals surface area contributed by atoms with E-state index < -0.39 is 0 Å². The average Bonchev–Trinajstić information content (AvgIpc) is 2.27. The zero-order valence-corrected chi connectivity index (χ0v) is 11.2. The van der Waals surface area contributed by atoms with Crippen molar-refractivity contribution in [1.29, 1.82) is 0 Å². The number of rotatable bonds is 5. The summed E-state index contributed by atoms with van der Waals surface area (Å²) in [5, 5.41) is 4.00. The molecule has 1 aromatic rings. The summed E-state index contributed by atoms with van der Waals surface area (Å²) in [5.41, 5.74) is 1.29. The van der Waals surface area contributed by atoms with E-state index in [-0.39, 0.29) is 5.97 Å². The molecule has 0 spiro atoms. The summed E-state index contributed by atoms with van der Waals surface area (Å²) in [5.74, 6) is 0.382. The molecule has 1 fully saturated rings. The van der Waals surface area contributed by atoms with Gasteiger partial charge in [0.25, 0.3) is 0 Å². The van der Waals surface area contributed by atoms with Crippen molar-refractivity contribution in [3.05, 3.63) is 34.9 Å². The van der Waals surface area contributed by atoms with Crippen molar-refractivity contribution in [3.8, 4) is 0 Å². The van der Waals surface area contributed by atoms with Crippen molar-refractivity contribution in [2.24, 2.45) is 0 Å². The molecule has 98 valence electrons. The van der Waals surface area contributed by atoms with Gasteiger partial charge in [-0.3, -0.25) is 4.79 Å². The van der Waals surface area contributed by atoms with Gasteiger partial charge in [-0.15, -0.1) is 0 Å². The van der Waals surface area contributed by atoms with E-state index in [0.717, 1.165) is 17.9 Å². The predicted molar refractivity (Wildman–Crippen MR) is 71.9 cm³/mol. The van der Waals surface area contributed by atoms with Gasteiger partial charge >= 0.3 is 5.97 Å². The van der Waals surface area contributed by atoms with Gasteiger partial charge in [0, 0.05) is 11.1 Å². The van der Waals surface area contributed by atoms with Gasteiger partial charge in [-0.25, -0.2) is 0 Å². The zero-order chi connectivity index (χ0) is 13.0. The van der Waals surface area contributed by atoms with Crippen LogP contribution >= 0.6 is 11.6 Å². The summed E-state index contributed by atoms with van der Waals surface area (Å²) in [6.07, 6.45) is 2.11. The van der Waals surface area contributed by atoms with E-state index in [2.05, 4.69) is 11.4 Å². The molecule has 0 aromatic heterocycles. The van der Waals surface area contributed by atoms with Crippen molar-refractivity contribution in [3.63, 3.8) is 0 Å². The van der Waals surface area contributed by atoms with E-state index in [1.54, 1.807) is 0 Å². The minimum atomic E-state index is -0.177. The Morgan fingerprint density at radius 2 is 2.28 bits per heavy atom. The van der Waals surface area contributed by atoms with Gasteiger partial charge in [-0.05, 0) is 43.4 Å². The molecule has 0 amide bonds. The maximum absolute atomic E-state index is 11.2. The molecular weight excluding hydrogens is 250 g/mol. The molecular formula is C14H18ClNO2. The number of carbonyl (C=O) groups excluding carboxylic acids is 1. The zero-order valence-electron chi connectivity index (χ0n) is 10.5. The number of halogens is 1. The van der Waals surface area contributed by atoms with Crippen LogP contribution in [0, 0.1) is 0 Å². The average molecular weight is 268 g/mol. The highest BCUT2D eigenvalue weighted by Crippen LogP contribution is 2.37. The van der Waals surface area contributed by atoms with Crippen molar-refractivity contribution in [2.75, 3.05) is 13.2 Å². The third-order valence-corrected chi connectivity index (χ3v) is 3.53. The lowest BCUT2D eigenvalue weighted by atomic mass is 9.76. The Hall–Kier alpha value is -1.06. The molecule has 18 heavy (non-hydrogen) atoms. The van der Waals surface area contributed by atoms with Crippen molar-refractivity contribution in [2.45, 2.75) is 31.7 Å². The number of carbonyl (C=O) groups is 1. The Balaban J connectivity index is 1.72. The first-order valence-corrected chi connectivity index (χ1v) is 6.71. The van der Waals surface area contributed by atoms with Crippen LogP contribution in [-0.4, -0.2) is 25.2 Å². The maximum Gasteiger partial charge on any atom is 0.319 e. The van der Waals surface area contributed by atoms with Crippen LogP contribution in [0.2, 0.25) is 5.02 Å². The fourth-order valence-electron chi connectivity index (χ4n) is 2.26. The predicted octanol–water partition coefficient (Wildman–Crippen LogP) is 2.74. The summed E-state index contributed by atoms with van der Waals surface area (Å²) < 4.78 is 4.87. The molecule has 0 atom stereocenters. The van der Waals surface area contributed by atoms with E-state index in [9.17, 15) is 4.79 Å². The highest BCUT2D eigenvalue weighted by Gasteiger charge is 2.30. The first-order valence-electron chi connectivity index (χ1n) is 6.33. The van der Waals surface area contributed by atoms with Gasteiger partial charge in [0.15, 0.2) is 0 Å². The van der Waals surface area contributed by atoms with Gasteiger partial charge in [0.2, 0.25) is 0 Å². The highest BCUT2D eigenvalue weighted by molar-refractivity contribution is 6.30. The molecule has 0 saturated heterocycles. The Morgan fingerprint density at radius 1 is 1.50 bits per heavy atom. The van der Waals surface area contributed by atoms with Crippen molar-refractivity contribution >= 4 is 17.6 Å². The molecule has 1 saturated carbocycles. The summed E-state index contributed by atoms with van der Waals surface area (Å²) in [6.45, 7) is 2.56. The molecule has 0 radical (unpaired) electrons. The highest BCUT2D eigenvalue weighted by atomic mass is 35.5. The number of ether oxygens (including phenoxy) is 1. The van der Waals surface area contributed by atoms with Gasteiger partial charge in [-0.2, -0.15) is 0 Å². The van der Waals surface area contributed by atoms with Crippen molar-refractivity contribution in [1.82, 2.24) is 5.32 Å². The van der Waals surface area contributed by atoms with E-state index >= 15 is 0 Å². The van der Waals surface area contributed by atoms with Gasteiger partial charge < -0.3 is 10.1 Å². The van der Waals surface area contributed by atoms with Crippen LogP contribution in [0.1, 0.15) is 31.2 Å². The fourth-order valence-corrected chi connectivity index (χ4v) is 2.46. The van der Waals surface area contributed by atoms with E-state index in [0.29, 0.717) is 25.1 Å². The molecule has 1 N–H and O–H groups in total. The number of hydrogen-bond acceptors (Lipinski definition) is 3. The third-order valence-electron chi connectivity index (χ3n) is 3.30.